The highest BCUT2D eigenvalue weighted by molar-refractivity contribution is 7.07. The van der Waals surface area contributed by atoms with Crippen LogP contribution < -0.4 is 5.32 Å². The third-order valence-corrected chi connectivity index (χ3v) is 3.61. The molecule has 0 amide bonds. The summed E-state index contributed by atoms with van der Waals surface area (Å²) < 4.78 is 0. The topological polar surface area (TPSA) is 15.3 Å². The number of nitrogens with one attached hydrogen (secondary N) is 1. The van der Waals surface area contributed by atoms with E-state index < -0.39 is 0 Å². The lowest BCUT2D eigenvalue weighted by atomic mass is 10.0. The second-order valence-electron chi connectivity index (χ2n) is 3.88. The van der Waals surface area contributed by atoms with Gasteiger partial charge in [-0.1, -0.05) is 6.08 Å². The van der Waals surface area contributed by atoms with Gasteiger partial charge in [-0.25, -0.2) is 0 Å². The molecule has 2 nitrogen and oxygen atoms in total. The molecule has 98 valence electrons. The number of thiophene rings is 1. The monoisotopic (exact) mass is 294 g/mol. The minimum Gasteiger partial charge on any atom is -0.314 e. The lowest BCUT2D eigenvalue weighted by Gasteiger charge is -2.34. The fraction of sp³-hybridized carbons (Fsp3) is 0.500. The molecule has 0 spiro atoms. The van der Waals surface area contributed by atoms with Gasteiger partial charge in [-0.15, -0.1) is 31.4 Å². The van der Waals surface area contributed by atoms with Gasteiger partial charge in [0, 0.05) is 32.2 Å². The van der Waals surface area contributed by atoms with Crippen molar-refractivity contribution in [2.24, 2.45) is 0 Å². The summed E-state index contributed by atoms with van der Waals surface area (Å²) in [7, 11) is 0. The number of hydrogen-bond acceptors (Lipinski definition) is 3. The van der Waals surface area contributed by atoms with Crippen molar-refractivity contribution in [3.63, 3.8) is 0 Å². The molecule has 1 aliphatic rings. The molecular formula is C12H20Cl2N2S. The van der Waals surface area contributed by atoms with E-state index in [0.29, 0.717) is 6.04 Å². The third kappa shape index (κ3) is 4.60. The van der Waals surface area contributed by atoms with Gasteiger partial charge in [-0.2, -0.15) is 11.3 Å². The molecule has 1 saturated heterocycles. The maximum atomic E-state index is 3.87. The number of piperazine rings is 1. The van der Waals surface area contributed by atoms with Gasteiger partial charge in [0.15, 0.2) is 0 Å². The Morgan fingerprint density at radius 2 is 2.12 bits per heavy atom. The van der Waals surface area contributed by atoms with Crippen LogP contribution >= 0.6 is 36.2 Å². The van der Waals surface area contributed by atoms with Crippen molar-refractivity contribution in [2.45, 2.75) is 12.5 Å². The van der Waals surface area contributed by atoms with Crippen LogP contribution in [-0.2, 0) is 0 Å². The van der Waals surface area contributed by atoms with E-state index in [1.807, 2.05) is 6.08 Å². The predicted octanol–water partition coefficient (Wildman–Crippen LogP) is 3.11. The van der Waals surface area contributed by atoms with E-state index in [-0.39, 0.29) is 24.8 Å². The summed E-state index contributed by atoms with van der Waals surface area (Å²) >= 11 is 1.78. The van der Waals surface area contributed by atoms with Crippen molar-refractivity contribution in [3.05, 3.63) is 35.0 Å². The minimum absolute atomic E-state index is 0. The Kier molecular flexibility index (Phi) is 8.92. The van der Waals surface area contributed by atoms with Crippen LogP contribution in [0.4, 0.5) is 0 Å². The first kappa shape index (κ1) is 16.9. The molecule has 0 bridgehead atoms. The molecule has 1 aromatic heterocycles. The second-order valence-corrected chi connectivity index (χ2v) is 4.66. The summed E-state index contributed by atoms with van der Waals surface area (Å²) in [6.07, 6.45) is 3.08. The molecule has 1 fully saturated rings. The minimum atomic E-state index is 0. The standard InChI is InChI=1S/C12H18N2S.2ClH/c1-2-3-12(11-4-9-15-10-11)14-7-5-13-6-8-14;;/h2,4,9-10,12-13H,1,3,5-8H2;2*1H/t12-;;/m0../s1. The molecular weight excluding hydrogens is 275 g/mol. The zero-order valence-corrected chi connectivity index (χ0v) is 12.3. The van der Waals surface area contributed by atoms with E-state index in [4.69, 9.17) is 0 Å². The van der Waals surface area contributed by atoms with Crippen molar-refractivity contribution >= 4 is 36.2 Å². The number of rotatable bonds is 4. The molecule has 1 N–H and O–H groups in total. The first-order valence-electron chi connectivity index (χ1n) is 5.49. The maximum absolute atomic E-state index is 3.87. The van der Waals surface area contributed by atoms with Gasteiger partial charge >= 0.3 is 0 Å². The van der Waals surface area contributed by atoms with Crippen LogP contribution in [0.25, 0.3) is 0 Å². The van der Waals surface area contributed by atoms with Crippen LogP contribution in [0.2, 0.25) is 0 Å². The molecule has 0 aliphatic carbocycles. The summed E-state index contributed by atoms with van der Waals surface area (Å²) in [5.74, 6) is 0. The van der Waals surface area contributed by atoms with E-state index >= 15 is 0 Å². The molecule has 5 heteroatoms. The Bertz CT molecular complexity index is 297. The number of hydrogen-bond donors (Lipinski definition) is 1. The quantitative estimate of drug-likeness (QED) is 0.859. The molecule has 0 aromatic carbocycles. The molecule has 0 radical (unpaired) electrons. The van der Waals surface area contributed by atoms with E-state index in [2.05, 4.69) is 33.6 Å². The highest BCUT2D eigenvalue weighted by atomic mass is 35.5. The Morgan fingerprint density at radius 3 is 2.65 bits per heavy atom. The van der Waals surface area contributed by atoms with Crippen LogP contribution in [0.5, 0.6) is 0 Å². The number of nitrogens with zero attached hydrogens (tertiary/aromatic N) is 1. The summed E-state index contributed by atoms with van der Waals surface area (Å²) in [6.45, 7) is 8.38. The molecule has 1 atom stereocenters. The predicted molar refractivity (Wildman–Crippen MR) is 80.8 cm³/mol. The highest BCUT2D eigenvalue weighted by Crippen LogP contribution is 2.26. The lowest BCUT2D eigenvalue weighted by molar-refractivity contribution is 0.175. The highest BCUT2D eigenvalue weighted by Gasteiger charge is 2.20. The zero-order chi connectivity index (χ0) is 10.5. The van der Waals surface area contributed by atoms with E-state index in [1.165, 1.54) is 5.56 Å². The smallest absolute Gasteiger partial charge is 0.0391 e. The molecule has 2 heterocycles. The Labute approximate surface area is 120 Å². The van der Waals surface area contributed by atoms with Crippen molar-refractivity contribution < 1.29 is 0 Å². The van der Waals surface area contributed by atoms with E-state index in [1.54, 1.807) is 11.3 Å². The largest absolute Gasteiger partial charge is 0.314 e. The van der Waals surface area contributed by atoms with Crippen LogP contribution in [0.1, 0.15) is 18.0 Å². The molecule has 2 rings (SSSR count). The zero-order valence-electron chi connectivity index (χ0n) is 9.80. The SMILES string of the molecule is C=CC[C@@H](c1ccsc1)N1CCNCC1.Cl.Cl. The van der Waals surface area contributed by atoms with Gasteiger partial charge in [-0.3, -0.25) is 4.90 Å². The van der Waals surface area contributed by atoms with Crippen LogP contribution in [0.3, 0.4) is 0 Å². The normalized spacial score (nSPS) is 17.6. The average Bonchev–Trinajstić information content (AvgIpc) is 2.80. The molecule has 1 aliphatic heterocycles. The average molecular weight is 295 g/mol. The summed E-state index contributed by atoms with van der Waals surface area (Å²) in [4.78, 5) is 2.56. The number of halogens is 2. The van der Waals surface area contributed by atoms with Gasteiger partial charge in [0.1, 0.15) is 0 Å². The molecule has 0 unspecified atom stereocenters. The first-order chi connectivity index (χ1) is 7.42. The van der Waals surface area contributed by atoms with Gasteiger partial charge in [0.2, 0.25) is 0 Å². The van der Waals surface area contributed by atoms with Crippen molar-refractivity contribution in [1.82, 2.24) is 10.2 Å². The van der Waals surface area contributed by atoms with E-state index in [9.17, 15) is 0 Å². The van der Waals surface area contributed by atoms with Crippen LogP contribution in [-0.4, -0.2) is 31.1 Å². The molecule has 0 saturated carbocycles. The summed E-state index contributed by atoms with van der Waals surface area (Å²) in [5.41, 5.74) is 1.45. The Morgan fingerprint density at radius 1 is 1.41 bits per heavy atom. The first-order valence-corrected chi connectivity index (χ1v) is 6.44. The van der Waals surface area contributed by atoms with Crippen molar-refractivity contribution in [1.29, 1.82) is 0 Å². The van der Waals surface area contributed by atoms with Crippen molar-refractivity contribution in [3.8, 4) is 0 Å². The van der Waals surface area contributed by atoms with Gasteiger partial charge in [0.05, 0.1) is 0 Å². The second kappa shape index (κ2) is 8.95. The van der Waals surface area contributed by atoms with E-state index in [0.717, 1.165) is 32.6 Å². The molecule has 1 aromatic rings. The van der Waals surface area contributed by atoms with Gasteiger partial charge in [0.25, 0.3) is 0 Å². The lowest BCUT2D eigenvalue weighted by Crippen LogP contribution is -2.45. The van der Waals surface area contributed by atoms with Crippen molar-refractivity contribution in [2.75, 3.05) is 26.2 Å². The van der Waals surface area contributed by atoms with Crippen LogP contribution in [0, 0.1) is 0 Å². The van der Waals surface area contributed by atoms with Gasteiger partial charge < -0.3 is 5.32 Å². The third-order valence-electron chi connectivity index (χ3n) is 2.91. The fourth-order valence-corrected chi connectivity index (χ4v) is 2.82. The Hall–Kier alpha value is -0.0600. The Balaban J connectivity index is 0.00000128. The fourth-order valence-electron chi connectivity index (χ4n) is 2.11. The summed E-state index contributed by atoms with van der Waals surface area (Å²) in [6, 6.07) is 2.77. The van der Waals surface area contributed by atoms with Crippen LogP contribution in [0.15, 0.2) is 29.5 Å². The molecule has 17 heavy (non-hydrogen) atoms. The maximum Gasteiger partial charge on any atom is 0.0391 e. The van der Waals surface area contributed by atoms with Gasteiger partial charge in [-0.05, 0) is 28.8 Å². The summed E-state index contributed by atoms with van der Waals surface area (Å²) in [5, 5.41) is 7.81.